The van der Waals surface area contributed by atoms with Crippen molar-refractivity contribution in [2.24, 2.45) is 0 Å². The zero-order valence-electron chi connectivity index (χ0n) is 11.6. The van der Waals surface area contributed by atoms with Crippen molar-refractivity contribution in [2.75, 3.05) is 0 Å². The minimum atomic E-state index is -1.55. The zero-order chi connectivity index (χ0) is 15.2. The number of carbonyl (C=O) groups is 1. The molecule has 106 valence electrons. The van der Waals surface area contributed by atoms with E-state index in [4.69, 9.17) is 5.11 Å². The highest BCUT2D eigenvalue weighted by molar-refractivity contribution is 5.85. The molecular formula is C18H15FO2. The summed E-state index contributed by atoms with van der Waals surface area (Å²) in [6.07, 6.45) is 6.73. The van der Waals surface area contributed by atoms with Gasteiger partial charge in [-0.05, 0) is 29.2 Å². The van der Waals surface area contributed by atoms with Gasteiger partial charge in [-0.2, -0.15) is 4.39 Å². The quantitative estimate of drug-likeness (QED) is 0.652. The van der Waals surface area contributed by atoms with E-state index in [0.29, 0.717) is 0 Å². The summed E-state index contributed by atoms with van der Waals surface area (Å²) >= 11 is 0. The van der Waals surface area contributed by atoms with Crippen molar-refractivity contribution in [3.63, 3.8) is 0 Å². The molecule has 0 heterocycles. The fourth-order valence-corrected chi connectivity index (χ4v) is 1.99. The van der Waals surface area contributed by atoms with E-state index in [0.717, 1.165) is 16.7 Å². The predicted octanol–water partition coefficient (Wildman–Crippen LogP) is 4.69. The maximum absolute atomic E-state index is 13.1. The Bertz CT molecular complexity index is 711. The molecule has 0 radical (unpaired) electrons. The highest BCUT2D eigenvalue weighted by Crippen LogP contribution is 2.27. The second kappa shape index (κ2) is 6.66. The molecule has 2 rings (SSSR count). The van der Waals surface area contributed by atoms with Crippen LogP contribution in [0, 0.1) is 0 Å². The molecule has 21 heavy (non-hydrogen) atoms. The highest BCUT2D eigenvalue weighted by atomic mass is 19.1. The van der Waals surface area contributed by atoms with E-state index in [1.54, 1.807) is 12.2 Å². The van der Waals surface area contributed by atoms with E-state index in [2.05, 4.69) is 0 Å². The van der Waals surface area contributed by atoms with Gasteiger partial charge < -0.3 is 5.11 Å². The van der Waals surface area contributed by atoms with Crippen molar-refractivity contribution in [3.05, 3.63) is 77.7 Å². The first-order chi connectivity index (χ1) is 10.1. The smallest absolute Gasteiger partial charge is 0.365 e. The fourth-order valence-electron chi connectivity index (χ4n) is 1.99. The Labute approximate surface area is 122 Å². The fraction of sp³-hybridized carbons (Fsp3) is 0.0556. The van der Waals surface area contributed by atoms with Crippen molar-refractivity contribution < 1.29 is 14.3 Å². The standard InChI is InChI=1S/C18H15FO2/c1-13(17(19)18(20)21)7-5-6-9-15-12-11-14-8-3-2-4-10-16(14)15/h2-12H,1H3,(H,20,21)/b7-5+,9-6+,17-13-. The maximum Gasteiger partial charge on any atom is 0.365 e. The average Bonchev–Trinajstić information content (AvgIpc) is 2.70. The van der Waals surface area contributed by atoms with Crippen molar-refractivity contribution in [1.29, 1.82) is 0 Å². The molecule has 0 unspecified atom stereocenters. The molecule has 0 saturated carbocycles. The molecular weight excluding hydrogens is 267 g/mol. The van der Waals surface area contributed by atoms with Crippen LogP contribution in [0.15, 0.2) is 72.1 Å². The predicted molar refractivity (Wildman–Crippen MR) is 82.7 cm³/mol. The van der Waals surface area contributed by atoms with Gasteiger partial charge in [0.15, 0.2) is 0 Å². The normalized spacial score (nSPS) is 13.0. The molecule has 1 N–H and O–H groups in total. The lowest BCUT2D eigenvalue weighted by Gasteiger charge is -1.94. The largest absolute Gasteiger partial charge is 0.476 e. The number of carboxylic acids is 1. The third-order valence-electron chi connectivity index (χ3n) is 3.09. The SMILES string of the molecule is CC(/C=C/C=C/c1ccc2cccccc1-2)=C(/F)C(=O)O. The van der Waals surface area contributed by atoms with Gasteiger partial charge in [-0.25, -0.2) is 4.79 Å². The van der Waals surface area contributed by atoms with Gasteiger partial charge in [0.2, 0.25) is 5.83 Å². The van der Waals surface area contributed by atoms with Gasteiger partial charge in [0, 0.05) is 0 Å². The van der Waals surface area contributed by atoms with E-state index in [-0.39, 0.29) is 5.57 Å². The van der Waals surface area contributed by atoms with Crippen LogP contribution in [0.1, 0.15) is 12.5 Å². The van der Waals surface area contributed by atoms with Crippen molar-refractivity contribution in [1.82, 2.24) is 0 Å². The summed E-state index contributed by atoms with van der Waals surface area (Å²) in [6, 6.07) is 14.1. The number of hydrogen-bond donors (Lipinski definition) is 1. The minimum Gasteiger partial charge on any atom is -0.476 e. The molecule has 0 aromatic rings. The van der Waals surface area contributed by atoms with E-state index < -0.39 is 11.8 Å². The number of halogens is 1. The zero-order valence-corrected chi connectivity index (χ0v) is 11.6. The third kappa shape index (κ3) is 3.66. The van der Waals surface area contributed by atoms with Crippen LogP contribution < -0.4 is 0 Å². The van der Waals surface area contributed by atoms with Crippen LogP contribution in [0.5, 0.6) is 0 Å². The number of rotatable bonds is 4. The van der Waals surface area contributed by atoms with Crippen LogP contribution >= 0.6 is 0 Å². The number of allylic oxidation sites excluding steroid dienone is 4. The van der Waals surface area contributed by atoms with Gasteiger partial charge in [-0.1, -0.05) is 66.8 Å². The van der Waals surface area contributed by atoms with E-state index in [1.165, 1.54) is 13.0 Å². The Balaban J connectivity index is 2.16. The van der Waals surface area contributed by atoms with Crippen LogP contribution in [-0.2, 0) is 4.79 Å². The molecule has 0 amide bonds. The van der Waals surface area contributed by atoms with Crippen LogP contribution in [0.25, 0.3) is 17.2 Å². The van der Waals surface area contributed by atoms with Gasteiger partial charge in [0.05, 0.1) is 0 Å². The van der Waals surface area contributed by atoms with Crippen molar-refractivity contribution in [3.8, 4) is 11.1 Å². The first-order valence-corrected chi connectivity index (χ1v) is 6.52. The van der Waals surface area contributed by atoms with E-state index >= 15 is 0 Å². The third-order valence-corrected chi connectivity index (χ3v) is 3.09. The van der Waals surface area contributed by atoms with Crippen molar-refractivity contribution >= 4 is 12.0 Å². The number of hydrogen-bond acceptors (Lipinski definition) is 1. The lowest BCUT2D eigenvalue weighted by molar-refractivity contribution is -0.134. The monoisotopic (exact) mass is 282 g/mol. The molecule has 2 aliphatic carbocycles. The Morgan fingerprint density at radius 1 is 1.10 bits per heavy atom. The number of carboxylic acid groups (broad SMARTS) is 1. The molecule has 0 atom stereocenters. The second-order valence-electron chi connectivity index (χ2n) is 4.59. The lowest BCUT2D eigenvalue weighted by atomic mass is 10.1. The summed E-state index contributed by atoms with van der Waals surface area (Å²) in [5, 5.41) is 8.52. The first kappa shape index (κ1) is 14.7. The molecule has 2 aliphatic rings. The Hall–Kier alpha value is -2.68. The molecule has 0 spiro atoms. The maximum atomic E-state index is 13.1. The highest BCUT2D eigenvalue weighted by Gasteiger charge is 2.07. The summed E-state index contributed by atoms with van der Waals surface area (Å²) in [7, 11) is 0. The van der Waals surface area contributed by atoms with Crippen LogP contribution in [0.3, 0.4) is 0 Å². The minimum absolute atomic E-state index is 0.0888. The summed E-state index contributed by atoms with van der Waals surface area (Å²) in [4.78, 5) is 10.5. The summed E-state index contributed by atoms with van der Waals surface area (Å²) in [6.45, 7) is 1.42. The summed E-state index contributed by atoms with van der Waals surface area (Å²) in [5.41, 5.74) is 3.43. The van der Waals surface area contributed by atoms with Gasteiger partial charge in [0.1, 0.15) is 0 Å². The molecule has 2 nitrogen and oxygen atoms in total. The molecule has 0 fully saturated rings. The number of fused-ring (bicyclic) bond motifs is 1. The van der Waals surface area contributed by atoms with Gasteiger partial charge in [0.25, 0.3) is 0 Å². The average molecular weight is 282 g/mol. The summed E-state index contributed by atoms with van der Waals surface area (Å²) in [5.74, 6) is -2.68. The van der Waals surface area contributed by atoms with Crippen LogP contribution in [-0.4, -0.2) is 11.1 Å². The molecule has 0 aliphatic heterocycles. The molecule has 0 saturated heterocycles. The van der Waals surface area contributed by atoms with E-state index in [1.807, 2.05) is 48.5 Å². The molecule has 0 aromatic carbocycles. The van der Waals surface area contributed by atoms with Crippen LogP contribution in [0.2, 0.25) is 0 Å². The Morgan fingerprint density at radius 2 is 1.86 bits per heavy atom. The first-order valence-electron chi connectivity index (χ1n) is 6.52. The van der Waals surface area contributed by atoms with Crippen LogP contribution in [0.4, 0.5) is 4.39 Å². The summed E-state index contributed by atoms with van der Waals surface area (Å²) < 4.78 is 13.1. The lowest BCUT2D eigenvalue weighted by Crippen LogP contribution is -1.96. The number of aliphatic carboxylic acids is 1. The van der Waals surface area contributed by atoms with Gasteiger partial charge in [-0.3, -0.25) is 0 Å². The topological polar surface area (TPSA) is 37.3 Å². The van der Waals surface area contributed by atoms with Gasteiger partial charge in [-0.15, -0.1) is 0 Å². The van der Waals surface area contributed by atoms with Crippen molar-refractivity contribution in [2.45, 2.75) is 6.92 Å². The molecule has 0 aromatic heterocycles. The molecule has 0 bridgehead atoms. The second-order valence-corrected chi connectivity index (χ2v) is 4.59. The van der Waals surface area contributed by atoms with Gasteiger partial charge >= 0.3 is 5.97 Å². The van der Waals surface area contributed by atoms with E-state index in [9.17, 15) is 9.18 Å². The Kier molecular flexibility index (Phi) is 4.67. The molecule has 3 heteroatoms. The Morgan fingerprint density at radius 3 is 2.62 bits per heavy atom.